The van der Waals surface area contributed by atoms with Gasteiger partial charge in [0.15, 0.2) is 0 Å². The lowest BCUT2D eigenvalue weighted by Gasteiger charge is -2.03. The van der Waals surface area contributed by atoms with Crippen molar-refractivity contribution in [1.82, 2.24) is 4.98 Å². The number of H-pyrrole nitrogens is 1. The van der Waals surface area contributed by atoms with Gasteiger partial charge in [0.2, 0.25) is 0 Å². The van der Waals surface area contributed by atoms with Crippen molar-refractivity contribution in [3.05, 3.63) is 50.7 Å². The zero-order chi connectivity index (χ0) is 11.7. The molecule has 3 N–H and O–H groups in total. The molecule has 0 atom stereocenters. The van der Waals surface area contributed by atoms with Gasteiger partial charge in [0.25, 0.3) is 5.56 Å². The van der Waals surface area contributed by atoms with Crippen LogP contribution in [0.4, 0.5) is 5.69 Å². The molecule has 16 heavy (non-hydrogen) atoms. The molecular weight excluding hydrogens is 247 g/mol. The Hall–Kier alpha value is -1.45. The molecule has 0 saturated heterocycles. The molecule has 0 radical (unpaired) electrons. The van der Waals surface area contributed by atoms with Crippen LogP contribution in [0.1, 0.15) is 0 Å². The number of anilines is 1. The van der Waals surface area contributed by atoms with Crippen molar-refractivity contribution < 1.29 is 0 Å². The first-order chi connectivity index (χ1) is 7.58. The molecule has 0 aliphatic heterocycles. The van der Waals surface area contributed by atoms with Crippen molar-refractivity contribution in [2.75, 3.05) is 5.73 Å². The predicted molar refractivity (Wildman–Crippen MR) is 66.9 cm³/mol. The Labute approximate surface area is 102 Å². The Kier molecular flexibility index (Phi) is 2.90. The Morgan fingerprint density at radius 1 is 1.06 bits per heavy atom. The summed E-state index contributed by atoms with van der Waals surface area (Å²) < 4.78 is 0. The summed E-state index contributed by atoms with van der Waals surface area (Å²) in [6.07, 6.45) is 0. The first-order valence-electron chi connectivity index (χ1n) is 4.52. The number of rotatable bonds is 1. The maximum absolute atomic E-state index is 11.3. The zero-order valence-electron chi connectivity index (χ0n) is 8.13. The summed E-state index contributed by atoms with van der Waals surface area (Å²) in [5.74, 6) is 0. The van der Waals surface area contributed by atoms with E-state index in [0.29, 0.717) is 15.7 Å². The largest absolute Gasteiger partial charge is 0.394 e. The number of nitrogens with one attached hydrogen (secondary N) is 1. The Balaban J connectivity index is 2.55. The predicted octanol–water partition coefficient (Wildman–Crippen LogP) is 2.93. The third-order valence-corrected chi connectivity index (χ3v) is 2.91. The van der Waals surface area contributed by atoms with Crippen molar-refractivity contribution in [3.63, 3.8) is 0 Å². The van der Waals surface area contributed by atoms with E-state index in [1.807, 2.05) is 0 Å². The van der Waals surface area contributed by atoms with Crippen LogP contribution in [0.2, 0.25) is 10.0 Å². The molecule has 0 aliphatic carbocycles. The molecule has 3 nitrogen and oxygen atoms in total. The van der Waals surface area contributed by atoms with Gasteiger partial charge in [-0.05, 0) is 29.8 Å². The molecule has 5 heteroatoms. The fraction of sp³-hybridized carbons (Fsp3) is 0. The smallest absolute Gasteiger partial charge is 0.271 e. The van der Waals surface area contributed by atoms with Crippen LogP contribution in [0.15, 0.2) is 35.1 Å². The second-order valence-corrected chi connectivity index (χ2v) is 4.10. The van der Waals surface area contributed by atoms with Crippen LogP contribution in [0.25, 0.3) is 11.3 Å². The van der Waals surface area contributed by atoms with E-state index in [1.165, 1.54) is 0 Å². The number of hydrogen-bond donors (Lipinski definition) is 2. The fourth-order valence-electron chi connectivity index (χ4n) is 1.32. The second-order valence-electron chi connectivity index (χ2n) is 3.29. The quantitative estimate of drug-likeness (QED) is 0.822. The number of halogens is 2. The first-order valence-corrected chi connectivity index (χ1v) is 5.28. The van der Waals surface area contributed by atoms with Gasteiger partial charge in [-0.25, -0.2) is 0 Å². The van der Waals surface area contributed by atoms with E-state index in [-0.39, 0.29) is 11.2 Å². The Morgan fingerprint density at radius 2 is 1.81 bits per heavy atom. The Bertz CT molecular complexity index is 593. The average molecular weight is 255 g/mol. The van der Waals surface area contributed by atoms with E-state index in [2.05, 4.69) is 4.98 Å². The SMILES string of the molecule is Nc1ccc(-c2ccc(Cl)c(Cl)c2)[nH]c1=O. The highest BCUT2D eigenvalue weighted by Gasteiger charge is 2.03. The molecule has 2 rings (SSSR count). The van der Waals surface area contributed by atoms with Crippen molar-refractivity contribution in [3.8, 4) is 11.3 Å². The first kappa shape index (κ1) is 11.0. The highest BCUT2D eigenvalue weighted by Crippen LogP contribution is 2.27. The van der Waals surface area contributed by atoms with E-state index in [1.54, 1.807) is 30.3 Å². The summed E-state index contributed by atoms with van der Waals surface area (Å²) >= 11 is 11.7. The molecule has 1 heterocycles. The molecule has 0 amide bonds. The van der Waals surface area contributed by atoms with Gasteiger partial charge in [-0.1, -0.05) is 29.3 Å². The topological polar surface area (TPSA) is 58.9 Å². The molecule has 0 unspecified atom stereocenters. The minimum atomic E-state index is -0.316. The highest BCUT2D eigenvalue weighted by atomic mass is 35.5. The third-order valence-electron chi connectivity index (χ3n) is 2.17. The van der Waals surface area contributed by atoms with Crippen molar-refractivity contribution >= 4 is 28.9 Å². The molecule has 0 fully saturated rings. The van der Waals surface area contributed by atoms with Crippen LogP contribution in [-0.2, 0) is 0 Å². The standard InChI is InChI=1S/C11H8Cl2N2O/c12-7-2-1-6(5-8(7)13)10-4-3-9(14)11(16)15-10/h1-5H,14H2,(H,15,16). The third kappa shape index (κ3) is 2.05. The van der Waals surface area contributed by atoms with Gasteiger partial charge in [-0.3, -0.25) is 4.79 Å². The van der Waals surface area contributed by atoms with Crippen LogP contribution in [0, 0.1) is 0 Å². The maximum atomic E-state index is 11.3. The molecule has 2 aromatic rings. The lowest BCUT2D eigenvalue weighted by Crippen LogP contribution is -2.11. The van der Waals surface area contributed by atoms with E-state index in [0.717, 1.165) is 5.56 Å². The number of nitrogens with two attached hydrogens (primary N) is 1. The summed E-state index contributed by atoms with van der Waals surface area (Å²) in [4.78, 5) is 14.0. The lowest BCUT2D eigenvalue weighted by molar-refractivity contribution is 1.25. The fourth-order valence-corrected chi connectivity index (χ4v) is 1.62. The lowest BCUT2D eigenvalue weighted by atomic mass is 10.1. The van der Waals surface area contributed by atoms with Crippen molar-refractivity contribution in [2.45, 2.75) is 0 Å². The monoisotopic (exact) mass is 254 g/mol. The van der Waals surface area contributed by atoms with Crippen molar-refractivity contribution in [1.29, 1.82) is 0 Å². The number of pyridine rings is 1. The Morgan fingerprint density at radius 3 is 2.44 bits per heavy atom. The van der Waals surface area contributed by atoms with Gasteiger partial charge < -0.3 is 10.7 Å². The van der Waals surface area contributed by atoms with Crippen LogP contribution in [-0.4, -0.2) is 4.98 Å². The van der Waals surface area contributed by atoms with Gasteiger partial charge in [-0.15, -0.1) is 0 Å². The molecule has 0 saturated carbocycles. The molecule has 1 aromatic heterocycles. The minimum absolute atomic E-state index is 0.184. The zero-order valence-corrected chi connectivity index (χ0v) is 9.64. The molecule has 1 aromatic carbocycles. The number of nitrogen functional groups attached to an aromatic ring is 1. The van der Waals surface area contributed by atoms with Gasteiger partial charge in [0, 0.05) is 5.69 Å². The molecular formula is C11H8Cl2N2O. The number of hydrogen-bond acceptors (Lipinski definition) is 2. The number of aromatic amines is 1. The van der Waals surface area contributed by atoms with E-state index < -0.39 is 0 Å². The molecule has 82 valence electrons. The molecule has 0 aliphatic rings. The number of aromatic nitrogens is 1. The second kappa shape index (κ2) is 4.20. The summed E-state index contributed by atoms with van der Waals surface area (Å²) in [6.45, 7) is 0. The van der Waals surface area contributed by atoms with E-state index >= 15 is 0 Å². The molecule has 0 spiro atoms. The summed E-state index contributed by atoms with van der Waals surface area (Å²) in [5, 5.41) is 0.917. The van der Waals surface area contributed by atoms with Crippen LogP contribution >= 0.6 is 23.2 Å². The van der Waals surface area contributed by atoms with E-state index in [4.69, 9.17) is 28.9 Å². The highest BCUT2D eigenvalue weighted by molar-refractivity contribution is 6.42. The van der Waals surface area contributed by atoms with Gasteiger partial charge in [0.05, 0.1) is 15.7 Å². The molecule has 0 bridgehead atoms. The van der Waals surface area contributed by atoms with Crippen LogP contribution in [0.3, 0.4) is 0 Å². The summed E-state index contributed by atoms with van der Waals surface area (Å²) in [7, 11) is 0. The average Bonchev–Trinajstić information content (AvgIpc) is 2.26. The maximum Gasteiger partial charge on any atom is 0.271 e. The van der Waals surface area contributed by atoms with Crippen molar-refractivity contribution in [2.24, 2.45) is 0 Å². The van der Waals surface area contributed by atoms with Gasteiger partial charge in [0.1, 0.15) is 0 Å². The summed E-state index contributed by atoms with van der Waals surface area (Å²) in [6, 6.07) is 8.40. The van der Waals surface area contributed by atoms with Crippen LogP contribution < -0.4 is 11.3 Å². The normalized spacial score (nSPS) is 10.4. The summed E-state index contributed by atoms with van der Waals surface area (Å²) in [5.41, 5.74) is 6.73. The minimum Gasteiger partial charge on any atom is -0.394 e. The van der Waals surface area contributed by atoms with Crippen LogP contribution in [0.5, 0.6) is 0 Å². The van der Waals surface area contributed by atoms with Gasteiger partial charge in [-0.2, -0.15) is 0 Å². The van der Waals surface area contributed by atoms with E-state index in [9.17, 15) is 4.79 Å². The number of benzene rings is 1. The van der Waals surface area contributed by atoms with Gasteiger partial charge >= 0.3 is 0 Å².